The van der Waals surface area contributed by atoms with Crippen LogP contribution in [0.1, 0.15) is 102 Å². The molecule has 0 radical (unpaired) electrons. The number of hydrogen-bond acceptors (Lipinski definition) is 5. The van der Waals surface area contributed by atoms with E-state index in [1.807, 2.05) is 30.9 Å². The van der Waals surface area contributed by atoms with Gasteiger partial charge in [-0.3, -0.25) is 15.0 Å². The third-order valence-electron chi connectivity index (χ3n) is 9.03. The minimum Gasteiger partial charge on any atom is -0.573 e. The van der Waals surface area contributed by atoms with Crippen LogP contribution in [0, 0.1) is 0 Å². The Morgan fingerprint density at radius 1 is 0.744 bits per heavy atom. The van der Waals surface area contributed by atoms with Gasteiger partial charge in [0.1, 0.15) is 0 Å². The first kappa shape index (κ1) is 31.2. The van der Waals surface area contributed by atoms with Gasteiger partial charge in [-0.05, 0) is 90.3 Å². The third-order valence-corrected chi connectivity index (χ3v) is 9.03. The van der Waals surface area contributed by atoms with Crippen molar-refractivity contribution in [2.45, 2.75) is 103 Å². The number of rotatable bonds is 2. The maximum Gasteiger partial charge on any atom is 2.00 e. The smallest absolute Gasteiger partial charge is 0.573 e. The molecule has 0 N–H and O–H groups in total. The van der Waals surface area contributed by atoms with Gasteiger partial charge in [0.25, 0.3) is 0 Å². The first-order valence-corrected chi connectivity index (χ1v) is 15.2. The molecular weight excluding hydrogens is 714 g/mol. The van der Waals surface area contributed by atoms with Crippen molar-refractivity contribution in [1.82, 2.24) is 35.3 Å². The second kappa shape index (κ2) is 11.7. The largest absolute Gasteiger partial charge is 2.00 e. The zero-order valence-corrected chi connectivity index (χ0v) is 28.6. The fourth-order valence-electron chi connectivity index (χ4n) is 6.52. The molecule has 0 bridgehead atoms. The Bertz CT molecular complexity index is 1720. The molecule has 7 rings (SSSR count). The first-order chi connectivity index (χ1) is 20.0. The minimum absolute atomic E-state index is 0. The Morgan fingerprint density at radius 2 is 1.30 bits per heavy atom. The molecule has 8 heteroatoms. The van der Waals surface area contributed by atoms with E-state index >= 15 is 0 Å². The fourth-order valence-corrected chi connectivity index (χ4v) is 6.52. The zero-order chi connectivity index (χ0) is 29.7. The van der Waals surface area contributed by atoms with Gasteiger partial charge in [0.2, 0.25) is 0 Å². The van der Waals surface area contributed by atoms with E-state index in [-0.39, 0.29) is 37.3 Å². The van der Waals surface area contributed by atoms with E-state index in [9.17, 15) is 0 Å². The first-order valence-electron chi connectivity index (χ1n) is 15.2. The molecule has 226 valence electrons. The zero-order valence-electron chi connectivity index (χ0n) is 26.3. The molecule has 0 spiro atoms. The normalized spacial score (nSPS) is 16.8. The van der Waals surface area contributed by atoms with Gasteiger partial charge in [-0.15, -0.1) is 0 Å². The van der Waals surface area contributed by atoms with E-state index in [1.54, 1.807) is 0 Å². The third kappa shape index (κ3) is 5.98. The van der Waals surface area contributed by atoms with Crippen LogP contribution in [0.3, 0.4) is 0 Å². The number of nitrogens with zero attached hydrogens (tertiary/aromatic N) is 7. The molecule has 0 atom stereocenters. The van der Waals surface area contributed by atoms with Gasteiger partial charge in [0, 0.05) is 52.4 Å². The van der Waals surface area contributed by atoms with Crippen molar-refractivity contribution in [2.24, 2.45) is 0 Å². The van der Waals surface area contributed by atoms with Crippen LogP contribution in [-0.2, 0) is 50.2 Å². The summed E-state index contributed by atoms with van der Waals surface area (Å²) < 4.78 is 0. The number of fused-ring (bicyclic) bond motifs is 3. The summed E-state index contributed by atoms with van der Waals surface area (Å²) in [5.74, 6) is 0. The molecule has 5 aromatic heterocycles. The second-order valence-electron chi connectivity index (χ2n) is 14.2. The van der Waals surface area contributed by atoms with Gasteiger partial charge in [0.15, 0.2) is 0 Å². The van der Waals surface area contributed by atoms with Gasteiger partial charge in [0.05, 0.1) is 11.4 Å². The summed E-state index contributed by atoms with van der Waals surface area (Å²) in [6.07, 6.45) is 14.0. The molecule has 0 saturated carbocycles. The summed E-state index contributed by atoms with van der Waals surface area (Å²) in [6, 6.07) is 8.28. The number of aromatic nitrogens is 7. The second-order valence-corrected chi connectivity index (χ2v) is 14.2. The molecule has 43 heavy (non-hydrogen) atoms. The summed E-state index contributed by atoms with van der Waals surface area (Å²) in [5.41, 5.74) is 10.0. The maximum atomic E-state index is 5.15. The van der Waals surface area contributed by atoms with Gasteiger partial charge < -0.3 is 20.4 Å². The summed E-state index contributed by atoms with van der Waals surface area (Å²) in [5, 5.41) is 20.7. The molecule has 0 saturated heterocycles. The molecule has 0 amide bonds. The van der Waals surface area contributed by atoms with Crippen LogP contribution in [0.4, 0.5) is 0 Å². The predicted octanol–water partition coefficient (Wildman–Crippen LogP) is 7.27. The van der Waals surface area contributed by atoms with Crippen LogP contribution >= 0.6 is 0 Å². The minimum atomic E-state index is 0. The SMILES string of the molecule is CC(C)(C)c1ccncc1.CC1(C)CCCc2c1n[n-]c2-c1cc2ccncc2c(-c2[n-]nc3c2CCCC3(C)C)n1.[Pt+2]. The van der Waals surface area contributed by atoms with E-state index in [4.69, 9.17) is 4.98 Å². The van der Waals surface area contributed by atoms with Crippen molar-refractivity contribution >= 4 is 10.8 Å². The average Bonchev–Trinajstić information content (AvgIpc) is 3.59. The molecule has 5 aromatic rings. The number of pyridine rings is 3. The maximum absolute atomic E-state index is 5.15. The topological polar surface area (TPSA) is 92.7 Å². The standard InChI is InChI=1S/C26H28N6.C9H13N.Pt/c1-25(2)10-5-7-16-20(29-31-23(16)25)19-13-15-9-12-27-14-18(15)21(28-19)22-17-8-6-11-26(3,4)24(17)32-30-22;1-9(2,3)8-4-6-10-7-5-8;/h9,12-14H,5-8,10-11H2,1-4H3;4-7H,1-3H3;/q-2;;+2. The van der Waals surface area contributed by atoms with Crippen LogP contribution in [-0.4, -0.2) is 25.1 Å². The molecule has 2 aliphatic rings. The van der Waals surface area contributed by atoms with Crippen LogP contribution in [0.15, 0.2) is 49.1 Å². The van der Waals surface area contributed by atoms with Gasteiger partial charge >= 0.3 is 21.1 Å². The van der Waals surface area contributed by atoms with E-state index in [0.717, 1.165) is 83.5 Å². The Kier molecular flexibility index (Phi) is 8.52. The van der Waals surface area contributed by atoms with Crippen molar-refractivity contribution in [3.8, 4) is 22.8 Å². The van der Waals surface area contributed by atoms with E-state index in [2.05, 4.69) is 97.0 Å². The molecule has 0 unspecified atom stereocenters. The quantitative estimate of drug-likeness (QED) is 0.187. The molecular formula is C35H41N7Pt. The van der Waals surface area contributed by atoms with Gasteiger partial charge in [-0.25, -0.2) is 0 Å². The van der Waals surface area contributed by atoms with Crippen molar-refractivity contribution in [1.29, 1.82) is 0 Å². The Labute approximate surface area is 269 Å². The van der Waals surface area contributed by atoms with Crippen molar-refractivity contribution in [3.05, 3.63) is 77.1 Å². The Hall–Kier alpha value is -3.18. The van der Waals surface area contributed by atoms with Crippen molar-refractivity contribution in [3.63, 3.8) is 0 Å². The summed E-state index contributed by atoms with van der Waals surface area (Å²) in [4.78, 5) is 13.5. The molecule has 0 aromatic carbocycles. The van der Waals surface area contributed by atoms with Crippen LogP contribution in [0.25, 0.3) is 33.5 Å². The molecule has 2 aliphatic carbocycles. The van der Waals surface area contributed by atoms with Crippen LogP contribution < -0.4 is 10.2 Å². The average molecular weight is 755 g/mol. The molecule has 0 fully saturated rings. The van der Waals surface area contributed by atoms with E-state index in [0.29, 0.717) is 0 Å². The molecule has 7 nitrogen and oxygen atoms in total. The van der Waals surface area contributed by atoms with Gasteiger partial charge in [-0.1, -0.05) is 59.9 Å². The van der Waals surface area contributed by atoms with Crippen molar-refractivity contribution < 1.29 is 21.1 Å². The molecule has 0 aliphatic heterocycles. The summed E-state index contributed by atoms with van der Waals surface area (Å²) in [7, 11) is 0. The summed E-state index contributed by atoms with van der Waals surface area (Å²) in [6.45, 7) is 15.7. The van der Waals surface area contributed by atoms with Crippen LogP contribution in [0.5, 0.6) is 0 Å². The fraction of sp³-hybridized carbons (Fsp3) is 0.457. The predicted molar refractivity (Wildman–Crippen MR) is 168 cm³/mol. The van der Waals surface area contributed by atoms with E-state index < -0.39 is 0 Å². The van der Waals surface area contributed by atoms with E-state index in [1.165, 1.54) is 16.7 Å². The Balaban J connectivity index is 0.000000287. The van der Waals surface area contributed by atoms with Gasteiger partial charge in [-0.2, -0.15) is 0 Å². The molecule has 5 heterocycles. The number of hydrogen-bond donors (Lipinski definition) is 0. The summed E-state index contributed by atoms with van der Waals surface area (Å²) >= 11 is 0. The Morgan fingerprint density at radius 3 is 1.88 bits per heavy atom. The van der Waals surface area contributed by atoms with Crippen LogP contribution in [0.2, 0.25) is 0 Å². The monoisotopic (exact) mass is 754 g/mol. The van der Waals surface area contributed by atoms with Crippen molar-refractivity contribution in [2.75, 3.05) is 0 Å².